The van der Waals surface area contributed by atoms with E-state index in [1.165, 1.54) is 31.1 Å². The van der Waals surface area contributed by atoms with Crippen LogP contribution in [0, 0.1) is 18.2 Å². The minimum absolute atomic E-state index is 0.00654. The van der Waals surface area contributed by atoms with Crippen molar-refractivity contribution in [2.45, 2.75) is 38.7 Å². The standard InChI is InChI=1S/C18H15ClFNO3.C9H15N5O7S2/c1-3-10(2)24-16-9-15(14(20)8-13(16)19)21-17(22)11-6-4-5-7-12(11)18(21)23;1-14(22(4,16)17)23(18,19)13-9(15)12-8-10-6(20-2)5-7(11-8)21-3/h1,8-10H,4-7H2,2H3;5H,1-4H3,(H2,10,11,12,13,15). The number of methoxy groups -OCH3 is 2. The highest BCUT2D eigenvalue weighted by Gasteiger charge is 2.41. The number of carbonyl (C=O) groups is 3. The number of nitrogens with zero attached hydrogens (tertiary/aromatic N) is 4. The number of carbonyl (C=O) groups excluding carboxylic acids is 3. The Balaban J connectivity index is 0.000000256. The minimum Gasteiger partial charge on any atom is -0.481 e. The summed E-state index contributed by atoms with van der Waals surface area (Å²) >= 11 is 5.97. The Kier molecular flexibility index (Phi) is 11.7. The summed E-state index contributed by atoms with van der Waals surface area (Å²) in [5, 5.41) is 2.04. The zero-order valence-corrected chi connectivity index (χ0v) is 28.0. The molecule has 2 N–H and O–H groups in total. The summed E-state index contributed by atoms with van der Waals surface area (Å²) in [6.07, 6.45) is 8.14. The predicted octanol–water partition coefficient (Wildman–Crippen LogP) is 2.37. The van der Waals surface area contributed by atoms with Gasteiger partial charge in [0.1, 0.15) is 11.6 Å². The molecule has 1 aromatic heterocycles. The van der Waals surface area contributed by atoms with Gasteiger partial charge in [-0.1, -0.05) is 21.2 Å². The highest BCUT2D eigenvalue weighted by Crippen LogP contribution is 2.39. The number of ether oxygens (including phenoxy) is 3. The number of benzene rings is 1. The first-order valence-electron chi connectivity index (χ1n) is 13.4. The van der Waals surface area contributed by atoms with E-state index in [9.17, 15) is 35.6 Å². The van der Waals surface area contributed by atoms with Gasteiger partial charge in [-0.25, -0.2) is 27.2 Å². The number of halogens is 2. The topological polar surface area (TPSA) is 204 Å². The van der Waals surface area contributed by atoms with Gasteiger partial charge in [0.2, 0.25) is 27.7 Å². The molecule has 16 nitrogen and oxygen atoms in total. The molecule has 1 atom stereocenters. The summed E-state index contributed by atoms with van der Waals surface area (Å²) < 4.78 is 76.9. The number of terminal acetylenes is 1. The molecular formula is C27H30ClFN6O10S2. The third kappa shape index (κ3) is 8.85. The summed E-state index contributed by atoms with van der Waals surface area (Å²) in [5.41, 5.74) is 0.808. The Labute approximate surface area is 275 Å². The Morgan fingerprint density at radius 3 is 2.06 bits per heavy atom. The van der Waals surface area contributed by atoms with Gasteiger partial charge in [-0.15, -0.1) is 6.42 Å². The van der Waals surface area contributed by atoms with Crippen LogP contribution in [0.3, 0.4) is 0 Å². The van der Waals surface area contributed by atoms with Crippen LogP contribution in [0.15, 0.2) is 29.3 Å². The van der Waals surface area contributed by atoms with E-state index in [-0.39, 0.29) is 37.9 Å². The molecule has 0 radical (unpaired) electrons. The van der Waals surface area contributed by atoms with E-state index in [1.54, 1.807) is 6.92 Å². The molecule has 254 valence electrons. The maximum atomic E-state index is 14.4. The van der Waals surface area contributed by atoms with Crippen molar-refractivity contribution >= 4 is 61.3 Å². The third-order valence-corrected chi connectivity index (χ3v) is 10.3. The average molecular weight is 717 g/mol. The van der Waals surface area contributed by atoms with Gasteiger partial charge in [-0.2, -0.15) is 18.4 Å². The monoisotopic (exact) mass is 716 g/mol. The Morgan fingerprint density at radius 2 is 1.60 bits per heavy atom. The van der Waals surface area contributed by atoms with Crippen LogP contribution in [0.4, 0.5) is 20.8 Å². The summed E-state index contributed by atoms with van der Waals surface area (Å²) in [7, 11) is -5.27. The molecule has 0 bridgehead atoms. The van der Waals surface area contributed by atoms with Gasteiger partial charge >= 0.3 is 16.2 Å². The molecule has 2 aliphatic rings. The van der Waals surface area contributed by atoms with E-state index < -0.39 is 50.0 Å². The lowest BCUT2D eigenvalue weighted by atomic mass is 9.93. The number of hydrogen-bond donors (Lipinski definition) is 2. The molecule has 2 heterocycles. The van der Waals surface area contributed by atoms with Crippen molar-refractivity contribution in [1.82, 2.24) is 18.4 Å². The number of aromatic nitrogens is 2. The largest absolute Gasteiger partial charge is 0.481 e. The Bertz CT molecular complexity index is 1830. The van der Waals surface area contributed by atoms with Crippen LogP contribution in [0.2, 0.25) is 5.02 Å². The SMILES string of the molecule is C#CC(C)Oc1cc(N2C(=O)C3=C(CCCC3)C2=O)c(F)cc1Cl.COc1cc(OC)nc(NC(=O)NS(=O)(=O)N(C)S(C)(=O)=O)n1. The van der Waals surface area contributed by atoms with E-state index >= 15 is 0 Å². The summed E-state index contributed by atoms with van der Waals surface area (Å²) in [4.78, 5) is 45.2. The van der Waals surface area contributed by atoms with Gasteiger partial charge in [0.15, 0.2) is 6.10 Å². The van der Waals surface area contributed by atoms with Gasteiger partial charge in [0.05, 0.1) is 37.3 Å². The first-order valence-corrected chi connectivity index (χ1v) is 17.1. The van der Waals surface area contributed by atoms with Crippen LogP contribution in [-0.2, 0) is 29.8 Å². The van der Waals surface area contributed by atoms with Crippen LogP contribution >= 0.6 is 11.6 Å². The van der Waals surface area contributed by atoms with Crippen molar-refractivity contribution < 1.29 is 49.8 Å². The van der Waals surface area contributed by atoms with E-state index in [0.29, 0.717) is 30.2 Å². The molecule has 0 saturated carbocycles. The lowest BCUT2D eigenvalue weighted by molar-refractivity contribution is -0.120. The number of amides is 4. The lowest BCUT2D eigenvalue weighted by Crippen LogP contribution is -2.45. The fourth-order valence-electron chi connectivity index (χ4n) is 4.12. The van der Waals surface area contributed by atoms with Crippen LogP contribution in [0.1, 0.15) is 32.6 Å². The Morgan fingerprint density at radius 1 is 1.06 bits per heavy atom. The number of imide groups is 1. The van der Waals surface area contributed by atoms with Crippen molar-refractivity contribution in [3.05, 3.63) is 40.2 Å². The van der Waals surface area contributed by atoms with Gasteiger partial charge in [-0.05, 0) is 38.7 Å². The van der Waals surface area contributed by atoms with Crippen LogP contribution < -0.4 is 29.1 Å². The fourth-order valence-corrected chi connectivity index (χ4v) is 6.27. The van der Waals surface area contributed by atoms with Crippen molar-refractivity contribution in [3.63, 3.8) is 0 Å². The molecule has 2 aromatic rings. The molecule has 4 rings (SSSR count). The number of nitrogens with one attached hydrogen (secondary N) is 2. The molecule has 20 heteroatoms. The van der Waals surface area contributed by atoms with Crippen molar-refractivity contribution in [2.75, 3.05) is 37.7 Å². The fraction of sp³-hybridized carbons (Fsp3) is 0.370. The molecule has 1 aliphatic heterocycles. The van der Waals surface area contributed by atoms with Gasteiger partial charge in [-0.3, -0.25) is 14.9 Å². The highest BCUT2D eigenvalue weighted by atomic mass is 35.5. The molecular weight excluding hydrogens is 687 g/mol. The van der Waals surface area contributed by atoms with E-state index in [4.69, 9.17) is 32.2 Å². The van der Waals surface area contributed by atoms with Crippen molar-refractivity contribution in [1.29, 1.82) is 0 Å². The zero-order chi connectivity index (χ0) is 35.3. The van der Waals surface area contributed by atoms with Crippen molar-refractivity contribution in [2.24, 2.45) is 0 Å². The van der Waals surface area contributed by atoms with E-state index in [1.807, 2.05) is 5.32 Å². The number of urea groups is 1. The zero-order valence-electron chi connectivity index (χ0n) is 25.7. The second kappa shape index (κ2) is 14.9. The third-order valence-electron chi connectivity index (χ3n) is 6.52. The maximum absolute atomic E-state index is 14.4. The molecule has 0 spiro atoms. The predicted molar refractivity (Wildman–Crippen MR) is 167 cm³/mol. The molecule has 1 unspecified atom stereocenters. The molecule has 1 aromatic carbocycles. The number of hydrogen-bond acceptors (Lipinski definition) is 12. The van der Waals surface area contributed by atoms with Crippen LogP contribution in [0.5, 0.6) is 17.5 Å². The second-order valence-corrected chi connectivity index (χ2v) is 14.1. The van der Waals surface area contributed by atoms with Crippen LogP contribution in [-0.4, -0.2) is 82.0 Å². The minimum atomic E-state index is -4.60. The maximum Gasteiger partial charge on any atom is 0.336 e. The van der Waals surface area contributed by atoms with E-state index in [2.05, 4.69) is 15.9 Å². The van der Waals surface area contributed by atoms with Gasteiger partial charge < -0.3 is 14.2 Å². The smallest absolute Gasteiger partial charge is 0.336 e. The normalized spacial score (nSPS) is 15.3. The number of anilines is 2. The number of rotatable bonds is 9. The first-order chi connectivity index (χ1) is 21.9. The Hall–Kier alpha value is -4.51. The second-order valence-electron chi connectivity index (χ2n) is 9.75. The molecule has 1 aliphatic carbocycles. The molecule has 47 heavy (non-hydrogen) atoms. The highest BCUT2D eigenvalue weighted by molar-refractivity contribution is 8.03. The molecule has 4 amide bonds. The lowest BCUT2D eigenvalue weighted by Gasteiger charge is -2.19. The van der Waals surface area contributed by atoms with Crippen LogP contribution in [0.25, 0.3) is 0 Å². The summed E-state index contributed by atoms with van der Waals surface area (Å²) in [6.45, 7) is 1.63. The summed E-state index contributed by atoms with van der Waals surface area (Å²) in [6, 6.07) is 2.33. The van der Waals surface area contributed by atoms with Gasteiger partial charge in [0.25, 0.3) is 11.8 Å². The average Bonchev–Trinajstić information content (AvgIpc) is 3.26. The quantitative estimate of drug-likeness (QED) is 0.284. The van der Waals surface area contributed by atoms with E-state index in [0.717, 1.165) is 30.9 Å². The molecule has 0 fully saturated rings. The van der Waals surface area contributed by atoms with Crippen molar-refractivity contribution in [3.8, 4) is 29.9 Å². The summed E-state index contributed by atoms with van der Waals surface area (Å²) in [5.74, 6) is 0.615. The first kappa shape index (κ1) is 37.0. The van der Waals surface area contributed by atoms with Gasteiger partial charge in [0, 0.05) is 24.3 Å². The molecule has 0 saturated heterocycles. The number of sulfonamides is 1.